The number of nitriles is 1. The Kier molecular flexibility index (Phi) is 7.70. The van der Waals surface area contributed by atoms with Crippen molar-refractivity contribution in [2.24, 2.45) is 5.92 Å². The number of hydrogen-bond acceptors (Lipinski definition) is 5. The molecule has 0 bridgehead atoms. The van der Waals surface area contributed by atoms with Gasteiger partial charge in [-0.3, -0.25) is 14.2 Å². The van der Waals surface area contributed by atoms with Crippen molar-refractivity contribution in [3.8, 4) is 6.07 Å². The number of amides is 1. The molecule has 2 aromatic carbocycles. The Morgan fingerprint density at radius 1 is 1.19 bits per heavy atom. The highest BCUT2D eigenvalue weighted by molar-refractivity contribution is 7.99. The van der Waals surface area contributed by atoms with Gasteiger partial charge in [-0.2, -0.15) is 5.26 Å². The minimum Gasteiger partial charge on any atom is -0.311 e. The first-order valence-corrected chi connectivity index (χ1v) is 11.7. The van der Waals surface area contributed by atoms with Crippen molar-refractivity contribution in [3.05, 3.63) is 63.9 Å². The molecule has 0 aliphatic heterocycles. The van der Waals surface area contributed by atoms with Crippen molar-refractivity contribution in [2.45, 2.75) is 45.8 Å². The number of hydrogen-bond donors (Lipinski definition) is 0. The lowest BCUT2D eigenvalue weighted by Gasteiger charge is -2.23. The molecule has 0 radical (unpaired) electrons. The number of benzene rings is 2. The van der Waals surface area contributed by atoms with E-state index >= 15 is 0 Å². The van der Waals surface area contributed by atoms with Crippen LogP contribution in [0.1, 0.15) is 31.4 Å². The Balaban J connectivity index is 1.91. The maximum absolute atomic E-state index is 13.2. The lowest BCUT2D eigenvalue weighted by molar-refractivity contribution is -0.116. The molecular weight excluding hydrogens is 420 g/mol. The number of carbonyl (C=O) groups is 1. The van der Waals surface area contributed by atoms with Crippen LogP contribution in [0.3, 0.4) is 0 Å². The van der Waals surface area contributed by atoms with Crippen LogP contribution in [0.15, 0.2) is 52.4 Å². The third kappa shape index (κ3) is 5.57. The molecule has 32 heavy (non-hydrogen) atoms. The summed E-state index contributed by atoms with van der Waals surface area (Å²) in [7, 11) is 0. The van der Waals surface area contributed by atoms with Gasteiger partial charge < -0.3 is 4.90 Å². The van der Waals surface area contributed by atoms with Crippen LogP contribution in [0.4, 0.5) is 5.69 Å². The first-order chi connectivity index (χ1) is 15.3. The molecule has 1 aromatic heterocycles. The van der Waals surface area contributed by atoms with Gasteiger partial charge in [-0.05, 0) is 55.2 Å². The van der Waals surface area contributed by atoms with Crippen LogP contribution >= 0.6 is 11.8 Å². The molecule has 0 unspecified atom stereocenters. The Hall–Kier alpha value is -3.11. The monoisotopic (exact) mass is 448 g/mol. The molecule has 166 valence electrons. The van der Waals surface area contributed by atoms with Gasteiger partial charge in [0.2, 0.25) is 5.91 Å². The number of para-hydroxylation sites is 1. The van der Waals surface area contributed by atoms with Gasteiger partial charge in [-0.1, -0.05) is 43.8 Å². The minimum atomic E-state index is -0.117. The van der Waals surface area contributed by atoms with E-state index in [1.54, 1.807) is 15.5 Å². The van der Waals surface area contributed by atoms with Crippen molar-refractivity contribution >= 4 is 34.3 Å². The molecule has 0 saturated carbocycles. The van der Waals surface area contributed by atoms with E-state index in [-0.39, 0.29) is 29.6 Å². The van der Waals surface area contributed by atoms with E-state index in [1.807, 2.05) is 58.0 Å². The molecule has 3 rings (SSSR count). The highest BCUT2D eigenvalue weighted by Crippen LogP contribution is 2.23. The number of rotatable bonds is 8. The number of nitrogens with zero attached hydrogens (tertiary/aromatic N) is 4. The van der Waals surface area contributed by atoms with Gasteiger partial charge in [0.15, 0.2) is 5.16 Å². The molecular formula is C25H28N4O2S. The Morgan fingerprint density at radius 3 is 2.53 bits per heavy atom. The summed E-state index contributed by atoms with van der Waals surface area (Å²) < 4.78 is 1.67. The number of thioether (sulfide) groups is 1. The normalized spacial score (nSPS) is 11.0. The summed E-state index contributed by atoms with van der Waals surface area (Å²) in [6.07, 6.45) is 0.246. The topological polar surface area (TPSA) is 79.0 Å². The van der Waals surface area contributed by atoms with Crippen LogP contribution in [-0.4, -0.2) is 27.8 Å². The molecule has 0 fully saturated rings. The third-order valence-electron chi connectivity index (χ3n) is 4.97. The van der Waals surface area contributed by atoms with Crippen LogP contribution < -0.4 is 10.5 Å². The first kappa shape index (κ1) is 23.6. The quantitative estimate of drug-likeness (QED) is 0.368. The smallest absolute Gasteiger partial charge is 0.262 e. The van der Waals surface area contributed by atoms with Gasteiger partial charge in [-0.25, -0.2) is 4.98 Å². The van der Waals surface area contributed by atoms with Crippen molar-refractivity contribution in [1.29, 1.82) is 5.26 Å². The number of anilines is 1. The summed E-state index contributed by atoms with van der Waals surface area (Å²) in [4.78, 5) is 32.6. The van der Waals surface area contributed by atoms with Gasteiger partial charge in [-0.15, -0.1) is 0 Å². The van der Waals surface area contributed by atoms with Gasteiger partial charge >= 0.3 is 0 Å². The number of carbonyl (C=O) groups excluding carboxylic acids is 1. The largest absolute Gasteiger partial charge is 0.311 e. The van der Waals surface area contributed by atoms with Gasteiger partial charge in [0.25, 0.3) is 5.56 Å². The zero-order valence-electron chi connectivity index (χ0n) is 19.0. The van der Waals surface area contributed by atoms with E-state index in [2.05, 4.69) is 17.1 Å². The van der Waals surface area contributed by atoms with Crippen LogP contribution in [0, 0.1) is 31.1 Å². The van der Waals surface area contributed by atoms with Gasteiger partial charge in [0, 0.05) is 18.8 Å². The molecule has 7 heteroatoms. The Labute approximate surface area is 192 Å². The average molecular weight is 449 g/mol. The summed E-state index contributed by atoms with van der Waals surface area (Å²) >= 11 is 1.27. The fourth-order valence-corrected chi connectivity index (χ4v) is 4.54. The predicted octanol–water partition coefficient (Wildman–Crippen LogP) is 4.71. The third-order valence-corrected chi connectivity index (χ3v) is 5.93. The van der Waals surface area contributed by atoms with E-state index in [0.717, 1.165) is 16.8 Å². The maximum Gasteiger partial charge on any atom is 0.262 e. The van der Waals surface area contributed by atoms with E-state index in [9.17, 15) is 9.59 Å². The zero-order valence-corrected chi connectivity index (χ0v) is 19.8. The van der Waals surface area contributed by atoms with E-state index in [0.29, 0.717) is 29.1 Å². The fraction of sp³-hybridized carbons (Fsp3) is 0.360. The van der Waals surface area contributed by atoms with Crippen LogP contribution in [0.2, 0.25) is 0 Å². The van der Waals surface area contributed by atoms with Gasteiger partial charge in [0.1, 0.15) is 0 Å². The minimum absolute atomic E-state index is 0.0881. The van der Waals surface area contributed by atoms with E-state index in [4.69, 9.17) is 5.26 Å². The number of fused-ring (bicyclic) bond motifs is 1. The summed E-state index contributed by atoms with van der Waals surface area (Å²) in [6.45, 7) is 8.92. The average Bonchev–Trinajstić information content (AvgIpc) is 2.74. The second-order valence-electron chi connectivity index (χ2n) is 8.31. The zero-order chi connectivity index (χ0) is 23.3. The molecule has 0 aliphatic rings. The standard InChI is InChI=1S/C25H28N4O2S/c1-17(2)15-29-24(31)21-8-5-6-9-22(21)27-25(29)32-16-23(30)28(11-7-10-26)20-13-18(3)12-19(4)14-20/h5-6,8-9,12-14,17H,7,11,15-16H2,1-4H3. The molecule has 0 spiro atoms. The highest BCUT2D eigenvalue weighted by atomic mass is 32.2. The van der Waals surface area contributed by atoms with Crippen molar-refractivity contribution in [2.75, 3.05) is 17.2 Å². The second-order valence-corrected chi connectivity index (χ2v) is 9.25. The van der Waals surface area contributed by atoms with Gasteiger partial charge in [0.05, 0.1) is 29.1 Å². The van der Waals surface area contributed by atoms with Crippen molar-refractivity contribution < 1.29 is 4.79 Å². The Bertz CT molecular complexity index is 1210. The molecule has 0 atom stereocenters. The van der Waals surface area contributed by atoms with Crippen LogP contribution in [0.25, 0.3) is 10.9 Å². The highest BCUT2D eigenvalue weighted by Gasteiger charge is 2.19. The second kappa shape index (κ2) is 10.5. The van der Waals surface area contributed by atoms with Crippen molar-refractivity contribution in [3.63, 3.8) is 0 Å². The molecule has 6 nitrogen and oxygen atoms in total. The first-order valence-electron chi connectivity index (χ1n) is 10.7. The predicted molar refractivity (Wildman–Crippen MR) is 130 cm³/mol. The molecule has 1 amide bonds. The SMILES string of the molecule is Cc1cc(C)cc(N(CCC#N)C(=O)CSc2nc3ccccc3c(=O)n2CC(C)C)c1. The molecule has 0 saturated heterocycles. The molecule has 3 aromatic rings. The van der Waals surface area contributed by atoms with Crippen LogP contribution in [0.5, 0.6) is 0 Å². The maximum atomic E-state index is 13.2. The summed E-state index contributed by atoms with van der Waals surface area (Å²) in [6, 6.07) is 15.4. The number of aryl methyl sites for hydroxylation is 2. The van der Waals surface area contributed by atoms with Crippen molar-refractivity contribution in [1.82, 2.24) is 9.55 Å². The van der Waals surface area contributed by atoms with E-state index in [1.165, 1.54) is 11.8 Å². The summed E-state index contributed by atoms with van der Waals surface area (Å²) in [5.41, 5.74) is 3.45. The fourth-order valence-electron chi connectivity index (χ4n) is 3.65. The summed E-state index contributed by atoms with van der Waals surface area (Å²) in [5, 5.41) is 10.2. The molecule has 1 heterocycles. The molecule has 0 aliphatic carbocycles. The van der Waals surface area contributed by atoms with E-state index < -0.39 is 0 Å². The lowest BCUT2D eigenvalue weighted by atomic mass is 10.1. The lowest BCUT2D eigenvalue weighted by Crippen LogP contribution is -2.34. The summed E-state index contributed by atoms with van der Waals surface area (Å²) in [5.74, 6) is 0.267. The molecule has 0 N–H and O–H groups in total. The number of aromatic nitrogens is 2. The van der Waals surface area contributed by atoms with Crippen LogP contribution in [-0.2, 0) is 11.3 Å². The Morgan fingerprint density at radius 2 is 1.88 bits per heavy atom.